The molecule has 0 N–H and O–H groups in total. The van der Waals surface area contributed by atoms with E-state index < -0.39 is 0 Å². The van der Waals surface area contributed by atoms with Gasteiger partial charge in [-0.2, -0.15) is 0 Å². The van der Waals surface area contributed by atoms with E-state index in [0.717, 1.165) is 31.2 Å². The van der Waals surface area contributed by atoms with Crippen LogP contribution in [0.3, 0.4) is 0 Å². The van der Waals surface area contributed by atoms with Crippen molar-refractivity contribution in [3.63, 3.8) is 0 Å². The van der Waals surface area contributed by atoms with E-state index >= 15 is 0 Å². The van der Waals surface area contributed by atoms with Crippen molar-refractivity contribution in [3.05, 3.63) is 35.8 Å². The van der Waals surface area contributed by atoms with E-state index in [1.807, 2.05) is 12.7 Å². The SMILES string of the molecule is Cc1oc(C(C)(C)C)cc1CN1CC(Cn2cnnc2)C2(CCC2)C1. The van der Waals surface area contributed by atoms with Gasteiger partial charge in [0.1, 0.15) is 24.2 Å². The van der Waals surface area contributed by atoms with Crippen molar-refractivity contribution in [3.8, 4) is 0 Å². The van der Waals surface area contributed by atoms with Crippen LogP contribution in [0.1, 0.15) is 57.1 Å². The monoisotopic (exact) mass is 342 g/mol. The highest BCUT2D eigenvalue weighted by molar-refractivity contribution is 5.25. The standard InChI is InChI=1S/C20H30N4O/c1-15-16(8-18(25-15)19(2,3)4)9-23-10-17(11-24-13-21-22-14-24)20(12-23)6-5-7-20/h8,13-14,17H,5-7,9-12H2,1-4H3. The van der Waals surface area contributed by atoms with Gasteiger partial charge in [0, 0.05) is 37.2 Å². The van der Waals surface area contributed by atoms with E-state index in [0.29, 0.717) is 11.3 Å². The average molecular weight is 342 g/mol. The summed E-state index contributed by atoms with van der Waals surface area (Å²) in [5.41, 5.74) is 1.93. The van der Waals surface area contributed by atoms with E-state index in [1.165, 1.54) is 31.4 Å². The van der Waals surface area contributed by atoms with Gasteiger partial charge in [0.25, 0.3) is 0 Å². The quantitative estimate of drug-likeness (QED) is 0.848. The molecule has 1 unspecified atom stereocenters. The van der Waals surface area contributed by atoms with E-state index in [-0.39, 0.29) is 5.41 Å². The molecule has 3 heterocycles. The summed E-state index contributed by atoms with van der Waals surface area (Å²) in [5.74, 6) is 2.87. The molecule has 2 aromatic rings. The molecule has 2 fully saturated rings. The maximum Gasteiger partial charge on any atom is 0.119 e. The number of nitrogens with zero attached hydrogens (tertiary/aromatic N) is 4. The third-order valence-corrected chi connectivity index (χ3v) is 6.28. The minimum absolute atomic E-state index is 0.0696. The molecule has 4 rings (SSSR count). The Hall–Kier alpha value is -1.62. The van der Waals surface area contributed by atoms with Gasteiger partial charge in [0.15, 0.2) is 0 Å². The molecule has 0 bridgehead atoms. The molecule has 1 spiro atoms. The average Bonchev–Trinajstić information content (AvgIpc) is 3.19. The first-order chi connectivity index (χ1) is 11.9. The molecule has 1 aliphatic heterocycles. The van der Waals surface area contributed by atoms with Crippen molar-refractivity contribution < 1.29 is 4.42 Å². The molecule has 0 aromatic carbocycles. The molecule has 1 atom stereocenters. The van der Waals surface area contributed by atoms with Crippen LogP contribution in [0.25, 0.3) is 0 Å². The summed E-state index contributed by atoms with van der Waals surface area (Å²) in [6.45, 7) is 13.2. The molecule has 25 heavy (non-hydrogen) atoms. The Morgan fingerprint density at radius 1 is 1.24 bits per heavy atom. The zero-order chi connectivity index (χ0) is 17.7. The van der Waals surface area contributed by atoms with Gasteiger partial charge in [-0.3, -0.25) is 4.90 Å². The van der Waals surface area contributed by atoms with Crippen LogP contribution in [0, 0.1) is 18.3 Å². The topological polar surface area (TPSA) is 47.1 Å². The van der Waals surface area contributed by atoms with Crippen molar-refractivity contribution in [1.29, 1.82) is 0 Å². The van der Waals surface area contributed by atoms with E-state index in [4.69, 9.17) is 4.42 Å². The normalized spacial score (nSPS) is 23.3. The first-order valence-electron chi connectivity index (χ1n) is 9.50. The molecule has 136 valence electrons. The van der Waals surface area contributed by atoms with E-state index in [2.05, 4.69) is 53.4 Å². The highest BCUT2D eigenvalue weighted by Crippen LogP contribution is 2.52. The Labute approximate surface area is 150 Å². The van der Waals surface area contributed by atoms with Gasteiger partial charge in [-0.15, -0.1) is 10.2 Å². The van der Waals surface area contributed by atoms with Crippen molar-refractivity contribution >= 4 is 0 Å². The van der Waals surface area contributed by atoms with Crippen molar-refractivity contribution in [2.24, 2.45) is 11.3 Å². The summed E-state index contributed by atoms with van der Waals surface area (Å²) in [6, 6.07) is 2.27. The molecule has 1 aliphatic carbocycles. The third-order valence-electron chi connectivity index (χ3n) is 6.28. The second kappa shape index (κ2) is 5.97. The lowest BCUT2D eigenvalue weighted by atomic mass is 9.63. The van der Waals surface area contributed by atoms with Crippen LogP contribution in [0.4, 0.5) is 0 Å². The van der Waals surface area contributed by atoms with E-state index in [9.17, 15) is 0 Å². The Morgan fingerprint density at radius 2 is 1.96 bits per heavy atom. The van der Waals surface area contributed by atoms with Crippen LogP contribution in [-0.2, 0) is 18.5 Å². The zero-order valence-electron chi connectivity index (χ0n) is 16.0. The van der Waals surface area contributed by atoms with Crippen molar-refractivity contribution in [2.75, 3.05) is 13.1 Å². The van der Waals surface area contributed by atoms with E-state index in [1.54, 1.807) is 0 Å². The van der Waals surface area contributed by atoms with Crippen LogP contribution in [-0.4, -0.2) is 32.8 Å². The maximum atomic E-state index is 6.05. The Kier molecular flexibility index (Phi) is 4.02. The molecule has 2 aliphatic rings. The third kappa shape index (κ3) is 3.14. The Bertz CT molecular complexity index is 721. The summed E-state index contributed by atoms with van der Waals surface area (Å²) in [6.07, 6.45) is 7.82. The fourth-order valence-electron chi connectivity index (χ4n) is 4.57. The largest absolute Gasteiger partial charge is 0.465 e. The predicted octanol–water partition coefficient (Wildman–Crippen LogP) is 3.78. The fourth-order valence-corrected chi connectivity index (χ4v) is 4.57. The van der Waals surface area contributed by atoms with Crippen LogP contribution < -0.4 is 0 Å². The number of likely N-dealkylation sites (tertiary alicyclic amines) is 1. The molecule has 5 nitrogen and oxygen atoms in total. The molecule has 5 heteroatoms. The molecule has 1 saturated carbocycles. The maximum absolute atomic E-state index is 6.05. The van der Waals surface area contributed by atoms with Gasteiger partial charge in [-0.05, 0) is 37.2 Å². The van der Waals surface area contributed by atoms with Crippen molar-refractivity contribution in [1.82, 2.24) is 19.7 Å². The van der Waals surface area contributed by atoms with Gasteiger partial charge in [0.05, 0.1) is 0 Å². The zero-order valence-corrected chi connectivity index (χ0v) is 16.0. The lowest BCUT2D eigenvalue weighted by Gasteiger charge is -2.43. The lowest BCUT2D eigenvalue weighted by Crippen LogP contribution is -2.39. The summed E-state index contributed by atoms with van der Waals surface area (Å²) in [5, 5.41) is 7.93. The van der Waals surface area contributed by atoms with Gasteiger partial charge < -0.3 is 8.98 Å². The number of hydrogen-bond acceptors (Lipinski definition) is 4. The number of hydrogen-bond donors (Lipinski definition) is 0. The van der Waals surface area contributed by atoms with Crippen LogP contribution >= 0.6 is 0 Å². The summed E-state index contributed by atoms with van der Waals surface area (Å²) >= 11 is 0. The summed E-state index contributed by atoms with van der Waals surface area (Å²) in [4.78, 5) is 2.64. The van der Waals surface area contributed by atoms with Gasteiger partial charge in [0.2, 0.25) is 0 Å². The van der Waals surface area contributed by atoms with Crippen LogP contribution in [0.15, 0.2) is 23.1 Å². The molecule has 1 saturated heterocycles. The van der Waals surface area contributed by atoms with Gasteiger partial charge >= 0.3 is 0 Å². The van der Waals surface area contributed by atoms with Crippen LogP contribution in [0.5, 0.6) is 0 Å². The van der Waals surface area contributed by atoms with Crippen molar-refractivity contribution in [2.45, 2.75) is 65.5 Å². The van der Waals surface area contributed by atoms with Gasteiger partial charge in [-0.1, -0.05) is 27.2 Å². The number of aromatic nitrogens is 3. The number of aryl methyl sites for hydroxylation is 1. The number of furan rings is 1. The smallest absolute Gasteiger partial charge is 0.119 e. The highest BCUT2D eigenvalue weighted by Gasteiger charge is 2.50. The summed E-state index contributed by atoms with van der Waals surface area (Å²) in [7, 11) is 0. The lowest BCUT2D eigenvalue weighted by molar-refractivity contribution is 0.0805. The summed E-state index contributed by atoms with van der Waals surface area (Å²) < 4.78 is 8.19. The Morgan fingerprint density at radius 3 is 2.52 bits per heavy atom. The molecule has 0 radical (unpaired) electrons. The van der Waals surface area contributed by atoms with Gasteiger partial charge in [-0.25, -0.2) is 0 Å². The minimum Gasteiger partial charge on any atom is -0.465 e. The fraction of sp³-hybridized carbons (Fsp3) is 0.700. The molecular formula is C20H30N4O. The minimum atomic E-state index is 0.0696. The Balaban J connectivity index is 1.48. The second-order valence-corrected chi connectivity index (χ2v) is 9.18. The second-order valence-electron chi connectivity index (χ2n) is 9.18. The molecule has 0 amide bonds. The molecule has 2 aromatic heterocycles. The number of rotatable bonds is 4. The molecular weight excluding hydrogens is 312 g/mol. The first kappa shape index (κ1) is 16.8. The first-order valence-corrected chi connectivity index (χ1v) is 9.50. The predicted molar refractivity (Wildman–Crippen MR) is 97.2 cm³/mol. The van der Waals surface area contributed by atoms with Crippen LogP contribution in [0.2, 0.25) is 0 Å². The highest BCUT2D eigenvalue weighted by atomic mass is 16.3.